The first-order valence-electron chi connectivity index (χ1n) is 9.58. The summed E-state index contributed by atoms with van der Waals surface area (Å²) in [6, 6.07) is 9.13. The monoisotopic (exact) mass is 450 g/mol. The van der Waals surface area contributed by atoms with Crippen molar-refractivity contribution in [2.24, 2.45) is 0 Å². The van der Waals surface area contributed by atoms with Gasteiger partial charge in [-0.05, 0) is 35.9 Å². The summed E-state index contributed by atoms with van der Waals surface area (Å²) < 4.78 is 5.96. The van der Waals surface area contributed by atoms with Crippen LogP contribution in [0.15, 0.2) is 41.2 Å². The maximum Gasteiger partial charge on any atom is 0.322 e. The normalized spacial score (nSPS) is 13.2. The molecule has 0 unspecified atom stereocenters. The summed E-state index contributed by atoms with van der Waals surface area (Å²) in [6.45, 7) is 0.491. The van der Waals surface area contributed by atoms with Crippen molar-refractivity contribution in [1.29, 1.82) is 0 Å². The van der Waals surface area contributed by atoms with Crippen molar-refractivity contribution >= 4 is 39.9 Å². The Kier molecular flexibility index (Phi) is 5.91. The van der Waals surface area contributed by atoms with E-state index < -0.39 is 12.1 Å². The summed E-state index contributed by atoms with van der Waals surface area (Å²) in [5, 5.41) is 4.61. The quantitative estimate of drug-likeness (QED) is 0.401. The largest absolute Gasteiger partial charge is 0.497 e. The number of nitrogens with zero attached hydrogens (tertiary/aromatic N) is 1. The van der Waals surface area contributed by atoms with Crippen molar-refractivity contribution in [3.05, 3.63) is 62.8 Å². The molecule has 32 heavy (non-hydrogen) atoms. The van der Waals surface area contributed by atoms with Gasteiger partial charge in [0, 0.05) is 17.7 Å². The van der Waals surface area contributed by atoms with Gasteiger partial charge in [0.05, 0.1) is 23.9 Å². The van der Waals surface area contributed by atoms with E-state index in [1.54, 1.807) is 35.2 Å². The number of imide groups is 1. The Morgan fingerprint density at radius 1 is 1.31 bits per heavy atom. The molecule has 1 aliphatic rings. The SMILES string of the molecule is COc1ccc2c(c1)C(=O)N(C[C@@H](C#Cc1ccc3[nH]c(=O)sc3c1)NC(=O)NC=O)C2. The number of thiazole rings is 1. The lowest BCUT2D eigenvalue weighted by atomic mass is 10.1. The van der Waals surface area contributed by atoms with Gasteiger partial charge in [-0.15, -0.1) is 0 Å². The van der Waals surface area contributed by atoms with Crippen LogP contribution in [0, 0.1) is 11.8 Å². The fraction of sp³-hybridized carbons (Fsp3) is 0.182. The van der Waals surface area contributed by atoms with Crippen LogP contribution in [0.25, 0.3) is 10.2 Å². The van der Waals surface area contributed by atoms with Crippen molar-refractivity contribution in [3.8, 4) is 17.6 Å². The number of hydrogen-bond donors (Lipinski definition) is 3. The standard InChI is InChI=1S/C22H18N4O5S/c1-31-16-6-4-14-10-26(20(28)17(14)9-16)11-15(24-21(29)23-12-27)5-2-13-3-7-18-19(8-13)32-22(30)25-18/h3-4,6-9,12,15H,10-11H2,1H3,(H,25,30)(H2,23,24,27,29)/t15-/m1/s1. The second-order valence-corrected chi connectivity index (χ2v) is 8.01. The number of nitrogens with one attached hydrogen (secondary N) is 3. The molecule has 0 spiro atoms. The van der Waals surface area contributed by atoms with Crippen LogP contribution >= 0.6 is 11.3 Å². The van der Waals surface area contributed by atoms with Crippen LogP contribution in [0.4, 0.5) is 4.79 Å². The molecule has 1 aliphatic heterocycles. The van der Waals surface area contributed by atoms with E-state index in [2.05, 4.69) is 22.1 Å². The van der Waals surface area contributed by atoms with Crippen LogP contribution in [0.5, 0.6) is 5.75 Å². The first kappa shape index (κ1) is 21.1. The van der Waals surface area contributed by atoms with E-state index >= 15 is 0 Å². The number of fused-ring (bicyclic) bond motifs is 2. The number of methoxy groups -OCH3 is 1. The maximum atomic E-state index is 12.8. The zero-order chi connectivity index (χ0) is 22.7. The highest BCUT2D eigenvalue weighted by Crippen LogP contribution is 2.26. The van der Waals surface area contributed by atoms with Gasteiger partial charge >= 0.3 is 10.9 Å². The Morgan fingerprint density at radius 2 is 2.16 bits per heavy atom. The van der Waals surface area contributed by atoms with Gasteiger partial charge in [-0.2, -0.15) is 0 Å². The van der Waals surface area contributed by atoms with E-state index in [9.17, 15) is 19.2 Å². The Morgan fingerprint density at radius 3 is 2.94 bits per heavy atom. The highest BCUT2D eigenvalue weighted by atomic mass is 32.1. The number of rotatable bonds is 5. The highest BCUT2D eigenvalue weighted by molar-refractivity contribution is 7.16. The van der Waals surface area contributed by atoms with Crippen LogP contribution in [0.2, 0.25) is 0 Å². The van der Waals surface area contributed by atoms with Crippen LogP contribution in [0.1, 0.15) is 21.5 Å². The molecule has 3 N–H and O–H groups in total. The van der Waals surface area contributed by atoms with Gasteiger partial charge in [-0.3, -0.25) is 19.7 Å². The third-order valence-corrected chi connectivity index (χ3v) is 5.75. The predicted octanol–water partition coefficient (Wildman–Crippen LogP) is 1.43. The number of aromatic amines is 1. The topological polar surface area (TPSA) is 121 Å². The number of urea groups is 1. The molecular formula is C22H18N4O5S. The first-order valence-corrected chi connectivity index (χ1v) is 10.4. The molecule has 1 aromatic heterocycles. The molecule has 4 rings (SSSR count). The first-order chi connectivity index (χ1) is 15.5. The molecule has 162 valence electrons. The molecule has 0 fully saturated rings. The van der Waals surface area contributed by atoms with Gasteiger partial charge in [-0.25, -0.2) is 4.79 Å². The lowest BCUT2D eigenvalue weighted by molar-refractivity contribution is -0.108. The second kappa shape index (κ2) is 8.95. The second-order valence-electron chi connectivity index (χ2n) is 6.99. The molecule has 3 aromatic rings. The zero-order valence-corrected chi connectivity index (χ0v) is 17.7. The van der Waals surface area contributed by atoms with Crippen LogP contribution in [0.3, 0.4) is 0 Å². The number of H-pyrrole nitrogens is 1. The van der Waals surface area contributed by atoms with Crippen LogP contribution < -0.4 is 20.2 Å². The van der Waals surface area contributed by atoms with Gasteiger partial charge in [-0.1, -0.05) is 29.2 Å². The van der Waals surface area contributed by atoms with Crippen molar-refractivity contribution in [3.63, 3.8) is 0 Å². The minimum absolute atomic E-state index is 0.120. The van der Waals surface area contributed by atoms with E-state index in [4.69, 9.17) is 4.74 Å². The van der Waals surface area contributed by atoms with Gasteiger partial charge in [0.2, 0.25) is 6.41 Å². The summed E-state index contributed by atoms with van der Waals surface area (Å²) in [7, 11) is 1.53. The molecule has 9 nitrogen and oxygen atoms in total. The summed E-state index contributed by atoms with van der Waals surface area (Å²) in [6.07, 6.45) is 0.269. The maximum absolute atomic E-state index is 12.8. The third kappa shape index (κ3) is 4.48. The summed E-state index contributed by atoms with van der Waals surface area (Å²) in [5.74, 6) is 6.32. The predicted molar refractivity (Wildman–Crippen MR) is 119 cm³/mol. The number of ether oxygens (including phenoxy) is 1. The zero-order valence-electron chi connectivity index (χ0n) is 16.9. The highest BCUT2D eigenvalue weighted by Gasteiger charge is 2.29. The average molecular weight is 450 g/mol. The summed E-state index contributed by atoms with van der Waals surface area (Å²) in [4.78, 5) is 51.0. The number of carbonyl (C=O) groups excluding carboxylic acids is 3. The summed E-state index contributed by atoms with van der Waals surface area (Å²) in [5.41, 5.74) is 2.77. The smallest absolute Gasteiger partial charge is 0.322 e. The van der Waals surface area contributed by atoms with E-state index in [1.165, 1.54) is 7.11 Å². The molecular weight excluding hydrogens is 432 g/mol. The molecule has 10 heteroatoms. The minimum atomic E-state index is -0.740. The fourth-order valence-corrected chi connectivity index (χ4v) is 4.19. The molecule has 4 amide bonds. The average Bonchev–Trinajstić information content (AvgIpc) is 3.30. The molecule has 0 saturated carbocycles. The molecule has 0 aliphatic carbocycles. The van der Waals surface area contributed by atoms with Crippen molar-refractivity contribution in [2.75, 3.05) is 13.7 Å². The number of amides is 4. The molecule has 1 atom stereocenters. The van der Waals surface area contributed by atoms with E-state index in [1.807, 2.05) is 11.4 Å². The van der Waals surface area contributed by atoms with Gasteiger partial charge in [0.1, 0.15) is 11.8 Å². The van der Waals surface area contributed by atoms with Gasteiger partial charge in [0.15, 0.2) is 0 Å². The molecule has 0 saturated heterocycles. The van der Waals surface area contributed by atoms with E-state index in [-0.39, 0.29) is 23.7 Å². The Hall–Kier alpha value is -4.10. The molecule has 2 aromatic carbocycles. The molecule has 2 heterocycles. The van der Waals surface area contributed by atoms with E-state index in [0.29, 0.717) is 23.4 Å². The number of carbonyl (C=O) groups is 3. The Labute approximate surface area is 186 Å². The number of hydrogen-bond acceptors (Lipinski definition) is 6. The fourth-order valence-electron chi connectivity index (χ4n) is 3.41. The summed E-state index contributed by atoms with van der Waals surface area (Å²) >= 11 is 1.08. The lowest BCUT2D eigenvalue weighted by Crippen LogP contribution is -2.46. The molecule has 0 bridgehead atoms. The van der Waals surface area contributed by atoms with Crippen LogP contribution in [-0.2, 0) is 11.3 Å². The third-order valence-electron chi connectivity index (χ3n) is 4.91. The van der Waals surface area contributed by atoms with Crippen molar-refractivity contribution in [2.45, 2.75) is 12.6 Å². The van der Waals surface area contributed by atoms with Crippen molar-refractivity contribution in [1.82, 2.24) is 20.5 Å². The number of aromatic nitrogens is 1. The van der Waals surface area contributed by atoms with Gasteiger partial charge in [0.25, 0.3) is 5.91 Å². The Balaban J connectivity index is 1.56. The Bertz CT molecular complexity index is 1330. The van der Waals surface area contributed by atoms with Crippen molar-refractivity contribution < 1.29 is 19.1 Å². The van der Waals surface area contributed by atoms with E-state index in [0.717, 1.165) is 27.1 Å². The molecule has 0 radical (unpaired) electrons. The van der Waals surface area contributed by atoms with Crippen LogP contribution in [-0.4, -0.2) is 47.9 Å². The van der Waals surface area contributed by atoms with Gasteiger partial charge < -0.3 is 19.9 Å². The lowest BCUT2D eigenvalue weighted by Gasteiger charge is -2.21. The minimum Gasteiger partial charge on any atom is -0.497 e. The number of benzene rings is 2.